The first-order chi connectivity index (χ1) is 26.2. The molecular weight excluding hydrogens is 736 g/mol. The number of esters is 1. The van der Waals surface area contributed by atoms with Crippen LogP contribution in [0.25, 0.3) is 6.08 Å². The monoisotopic (exact) mass is 784 g/mol. The Morgan fingerprint density at radius 3 is 2.27 bits per heavy atom. The van der Waals surface area contributed by atoms with Crippen LogP contribution in [0.2, 0.25) is 0 Å². The fourth-order valence-corrected chi connectivity index (χ4v) is 6.18. The molecule has 3 unspecified atom stereocenters. The second-order valence-corrected chi connectivity index (χ2v) is 13.3. The SMILES string of the molecule is COc1ccc(/C=C/C(=O)O[C@H]2[C@H](O[C@@H]3O[C@@H](C)[C@H](O)[C@@H](O)[C@H]3O)[C@@H](O)[C@H](OCCc3ccc(O)c(O)c3)O[C@@H]2COC2OCC(O)(CO)C2O)cc1OC. The van der Waals surface area contributed by atoms with Crippen LogP contribution in [0, 0.1) is 0 Å². The highest BCUT2D eigenvalue weighted by molar-refractivity contribution is 5.87. The molecule has 3 aliphatic heterocycles. The Balaban J connectivity index is 1.42. The largest absolute Gasteiger partial charge is 0.504 e. The fraction of sp³-hybridized carbons (Fsp3) is 0.583. The van der Waals surface area contributed by atoms with Crippen molar-refractivity contribution in [2.75, 3.05) is 40.6 Å². The number of hydrogen-bond acceptors (Lipinski definition) is 19. The first kappa shape index (κ1) is 42.5. The highest BCUT2D eigenvalue weighted by Crippen LogP contribution is 2.34. The van der Waals surface area contributed by atoms with Crippen LogP contribution in [0.4, 0.5) is 0 Å². The summed E-state index contributed by atoms with van der Waals surface area (Å²) in [5.74, 6) is -0.826. The van der Waals surface area contributed by atoms with E-state index >= 15 is 0 Å². The number of benzene rings is 2. The number of rotatable bonds is 15. The lowest BCUT2D eigenvalue weighted by molar-refractivity contribution is -0.360. The third-order valence-electron chi connectivity index (χ3n) is 9.50. The average molecular weight is 785 g/mol. The highest BCUT2D eigenvalue weighted by atomic mass is 16.8. The van der Waals surface area contributed by atoms with E-state index in [1.54, 1.807) is 18.2 Å². The lowest BCUT2D eigenvalue weighted by Crippen LogP contribution is -2.65. The van der Waals surface area contributed by atoms with Gasteiger partial charge in [-0.1, -0.05) is 12.1 Å². The zero-order chi connectivity index (χ0) is 40.0. The zero-order valence-electron chi connectivity index (χ0n) is 30.2. The summed E-state index contributed by atoms with van der Waals surface area (Å²) in [6.07, 6.45) is -16.4. The zero-order valence-corrected chi connectivity index (χ0v) is 30.2. The third kappa shape index (κ3) is 9.84. The Morgan fingerprint density at radius 2 is 1.60 bits per heavy atom. The normalized spacial score (nSPS) is 35.2. The molecular formula is C36H48O19. The minimum Gasteiger partial charge on any atom is -0.504 e. The van der Waals surface area contributed by atoms with Crippen LogP contribution in [0.1, 0.15) is 18.1 Å². The molecule has 5 rings (SSSR count). The molecule has 9 N–H and O–H groups in total. The van der Waals surface area contributed by atoms with Crippen molar-refractivity contribution in [3.8, 4) is 23.0 Å². The number of phenols is 2. The smallest absolute Gasteiger partial charge is 0.331 e. The summed E-state index contributed by atoms with van der Waals surface area (Å²) in [6.45, 7) is -0.613. The van der Waals surface area contributed by atoms with Gasteiger partial charge in [-0.25, -0.2) is 4.79 Å². The minimum absolute atomic E-state index is 0.136. The molecule has 3 aliphatic rings. The standard InChI is InChI=1S/C36H48O19/c1-17-26(41)27(42)28(43)34(52-17)55-31-29(44)33(49-11-10-19-4-7-20(38)21(39)12-19)53-24(14-50-35-32(45)36(46,15-37)16-51-35)30(31)54-25(40)9-6-18-5-8-22(47-2)23(13-18)48-3/h4-9,12-13,17,24,26-35,37-39,41-46H,10-11,14-16H2,1-3H3/b9-6+/t17-,24+,26-,27+,28+,29+,30+,31+,32?,33+,34-,35?,36?/m0/s1. The summed E-state index contributed by atoms with van der Waals surface area (Å²) in [5, 5.41) is 93.4. The maximum atomic E-state index is 13.4. The highest BCUT2D eigenvalue weighted by Gasteiger charge is 2.54. The van der Waals surface area contributed by atoms with E-state index < -0.39 is 105 Å². The maximum absolute atomic E-state index is 13.4. The van der Waals surface area contributed by atoms with Crippen LogP contribution >= 0.6 is 0 Å². The van der Waals surface area contributed by atoms with E-state index in [0.717, 1.165) is 6.08 Å². The summed E-state index contributed by atoms with van der Waals surface area (Å²) in [4.78, 5) is 13.4. The van der Waals surface area contributed by atoms with Crippen LogP contribution in [0.3, 0.4) is 0 Å². The summed E-state index contributed by atoms with van der Waals surface area (Å²) in [5.41, 5.74) is -0.974. The second kappa shape index (κ2) is 18.5. The van der Waals surface area contributed by atoms with E-state index in [-0.39, 0.29) is 24.5 Å². The Hall–Kier alpha value is -3.67. The van der Waals surface area contributed by atoms with Crippen molar-refractivity contribution in [2.24, 2.45) is 0 Å². The van der Waals surface area contributed by atoms with Gasteiger partial charge < -0.3 is 88.6 Å². The van der Waals surface area contributed by atoms with Crippen LogP contribution in [-0.4, -0.2) is 172 Å². The molecule has 306 valence electrons. The predicted molar refractivity (Wildman–Crippen MR) is 184 cm³/mol. The first-order valence-electron chi connectivity index (χ1n) is 17.4. The lowest BCUT2D eigenvalue weighted by atomic mass is 9.96. The third-order valence-corrected chi connectivity index (χ3v) is 9.50. The molecule has 13 atom stereocenters. The summed E-state index contributed by atoms with van der Waals surface area (Å²) in [6, 6.07) is 9.00. The van der Waals surface area contributed by atoms with Crippen LogP contribution in [0.5, 0.6) is 23.0 Å². The van der Waals surface area contributed by atoms with E-state index in [4.69, 9.17) is 42.6 Å². The van der Waals surface area contributed by atoms with Crippen molar-refractivity contribution < 1.29 is 93.4 Å². The molecule has 0 aromatic heterocycles. The van der Waals surface area contributed by atoms with E-state index in [9.17, 15) is 50.8 Å². The topological polar surface area (TPSA) is 282 Å². The van der Waals surface area contributed by atoms with Crippen molar-refractivity contribution in [1.82, 2.24) is 0 Å². The number of carbonyl (C=O) groups is 1. The number of aliphatic hydroxyl groups is 7. The number of ether oxygens (including phenoxy) is 9. The minimum atomic E-state index is -2.04. The molecule has 3 saturated heterocycles. The number of methoxy groups -OCH3 is 2. The van der Waals surface area contributed by atoms with Crippen molar-refractivity contribution in [2.45, 2.75) is 92.8 Å². The molecule has 19 heteroatoms. The Kier molecular flexibility index (Phi) is 14.3. The summed E-state index contributed by atoms with van der Waals surface area (Å²) < 4.78 is 51.0. The molecule has 2 aromatic carbocycles. The summed E-state index contributed by atoms with van der Waals surface area (Å²) >= 11 is 0. The van der Waals surface area contributed by atoms with Crippen LogP contribution in [0.15, 0.2) is 42.5 Å². The molecule has 55 heavy (non-hydrogen) atoms. The molecule has 0 bridgehead atoms. The van der Waals surface area contributed by atoms with E-state index in [0.29, 0.717) is 22.6 Å². The summed E-state index contributed by atoms with van der Waals surface area (Å²) in [7, 11) is 2.91. The molecule has 0 amide bonds. The van der Waals surface area contributed by atoms with Gasteiger partial charge >= 0.3 is 5.97 Å². The van der Waals surface area contributed by atoms with Gasteiger partial charge in [0.2, 0.25) is 0 Å². The van der Waals surface area contributed by atoms with Gasteiger partial charge in [0.1, 0.15) is 48.3 Å². The van der Waals surface area contributed by atoms with Gasteiger partial charge in [0, 0.05) is 6.08 Å². The van der Waals surface area contributed by atoms with Crippen LogP contribution < -0.4 is 9.47 Å². The van der Waals surface area contributed by atoms with Gasteiger partial charge in [-0.15, -0.1) is 0 Å². The van der Waals surface area contributed by atoms with Crippen LogP contribution in [-0.2, 0) is 44.4 Å². The Labute approximate surface area is 315 Å². The molecule has 19 nitrogen and oxygen atoms in total. The second-order valence-electron chi connectivity index (χ2n) is 13.3. The molecule has 0 spiro atoms. The molecule has 0 aliphatic carbocycles. The Bertz CT molecular complexity index is 1610. The van der Waals surface area contributed by atoms with Gasteiger partial charge in [0.15, 0.2) is 48.0 Å². The maximum Gasteiger partial charge on any atom is 0.331 e. The quantitative estimate of drug-likeness (QED) is 0.0539. The van der Waals surface area contributed by atoms with Gasteiger partial charge in [-0.3, -0.25) is 0 Å². The molecule has 0 saturated carbocycles. The van der Waals surface area contributed by atoms with E-state index in [1.807, 2.05) is 0 Å². The van der Waals surface area contributed by atoms with Gasteiger partial charge in [-0.2, -0.15) is 0 Å². The lowest BCUT2D eigenvalue weighted by Gasteiger charge is -2.46. The number of carbonyl (C=O) groups excluding carboxylic acids is 1. The van der Waals surface area contributed by atoms with Crippen molar-refractivity contribution in [3.05, 3.63) is 53.6 Å². The Morgan fingerprint density at radius 1 is 0.855 bits per heavy atom. The van der Waals surface area contributed by atoms with E-state index in [1.165, 1.54) is 45.4 Å². The van der Waals surface area contributed by atoms with Gasteiger partial charge in [-0.05, 0) is 54.8 Å². The van der Waals surface area contributed by atoms with Crippen molar-refractivity contribution in [3.63, 3.8) is 0 Å². The molecule has 2 aromatic rings. The molecule has 0 radical (unpaired) electrons. The molecule has 3 heterocycles. The van der Waals surface area contributed by atoms with E-state index in [2.05, 4.69) is 0 Å². The number of aromatic hydroxyl groups is 2. The first-order valence-corrected chi connectivity index (χ1v) is 17.4. The number of hydrogen-bond donors (Lipinski definition) is 9. The number of aliphatic hydroxyl groups excluding tert-OH is 6. The average Bonchev–Trinajstić information content (AvgIpc) is 3.47. The van der Waals surface area contributed by atoms with Gasteiger partial charge in [0.25, 0.3) is 0 Å². The van der Waals surface area contributed by atoms with Crippen molar-refractivity contribution >= 4 is 12.0 Å². The fourth-order valence-electron chi connectivity index (χ4n) is 6.18. The number of phenolic OH excluding ortho intramolecular Hbond substituents is 2. The predicted octanol–water partition coefficient (Wildman–Crippen LogP) is -1.94. The van der Waals surface area contributed by atoms with Gasteiger partial charge in [0.05, 0.1) is 46.8 Å². The van der Waals surface area contributed by atoms with Crippen molar-refractivity contribution in [1.29, 1.82) is 0 Å². The molecule has 3 fully saturated rings.